The third kappa shape index (κ3) is 6.86. The summed E-state index contributed by atoms with van der Waals surface area (Å²) in [6.45, 7) is 11.8. The molecule has 2 aromatic heterocycles. The van der Waals surface area contributed by atoms with Crippen molar-refractivity contribution < 1.29 is 13.9 Å². The number of hydrogen-bond acceptors (Lipinski definition) is 10. The maximum absolute atomic E-state index is 14.5. The van der Waals surface area contributed by atoms with E-state index in [1.165, 1.54) is 28.6 Å². The summed E-state index contributed by atoms with van der Waals surface area (Å²) in [7, 11) is 0. The van der Waals surface area contributed by atoms with Gasteiger partial charge in [-0.2, -0.15) is 19.3 Å². The number of anilines is 3. The van der Waals surface area contributed by atoms with E-state index in [9.17, 15) is 9.18 Å². The molecule has 2 N–H and O–H groups in total. The number of nitrogens with zero attached hydrogens (tertiary/aromatic N) is 7. The molecule has 0 saturated heterocycles. The van der Waals surface area contributed by atoms with Gasteiger partial charge in [-0.1, -0.05) is 19.8 Å². The summed E-state index contributed by atoms with van der Waals surface area (Å²) in [6, 6.07) is 3.02. The summed E-state index contributed by atoms with van der Waals surface area (Å²) < 4.78 is 26.3. The largest absolute Gasteiger partial charge is 0.481 e. The normalized spacial score (nSPS) is 15.5. The van der Waals surface area contributed by atoms with Gasteiger partial charge in [0, 0.05) is 43.2 Å². The van der Waals surface area contributed by atoms with Crippen molar-refractivity contribution in [3.05, 3.63) is 33.9 Å². The fraction of sp³-hybridized carbons (Fsp3) is 0.462. The molecule has 11 nitrogen and oxygen atoms in total. The molecule has 14 heteroatoms. The van der Waals surface area contributed by atoms with Crippen LogP contribution in [0.4, 0.5) is 27.7 Å². The van der Waals surface area contributed by atoms with Crippen molar-refractivity contribution in [2.24, 2.45) is 10.4 Å². The lowest BCUT2D eigenvalue weighted by molar-refractivity contribution is -0.121. The first-order valence-corrected chi connectivity index (χ1v) is 13.9. The molecule has 5 rings (SSSR count). The molecule has 1 amide bonds. The lowest BCUT2D eigenvalue weighted by Crippen LogP contribution is -2.39. The van der Waals surface area contributed by atoms with E-state index in [0.29, 0.717) is 28.1 Å². The third-order valence-corrected chi connectivity index (χ3v) is 6.74. The van der Waals surface area contributed by atoms with Crippen LogP contribution in [0.2, 0.25) is 5.28 Å². The fourth-order valence-corrected chi connectivity index (χ4v) is 5.07. The summed E-state index contributed by atoms with van der Waals surface area (Å²) >= 11 is 6.97. The first kappa shape index (κ1) is 29.2. The fourth-order valence-electron chi connectivity index (χ4n) is 4.16. The SMILES string of the molecule is C#CCN1C(=O)COc2cc(F)c(/N=c3\snc4n3CC(C)(C)C4)cc21.CCNc1nc(Cl)nc(NC(C)C)n1. The number of hydrogen-bond donors (Lipinski definition) is 2. The summed E-state index contributed by atoms with van der Waals surface area (Å²) in [5.41, 5.74) is 0.678. The van der Waals surface area contributed by atoms with Crippen molar-refractivity contribution in [2.75, 3.05) is 35.2 Å². The quantitative estimate of drug-likeness (QED) is 0.415. The highest BCUT2D eigenvalue weighted by Gasteiger charge is 2.31. The number of ether oxygens (including phenoxy) is 1. The minimum atomic E-state index is -0.515. The Bertz CT molecular complexity index is 1510. The Morgan fingerprint density at radius 1 is 1.30 bits per heavy atom. The Kier molecular flexibility index (Phi) is 8.90. The molecule has 0 saturated carbocycles. The number of benzene rings is 1. The molecule has 3 aromatic rings. The van der Waals surface area contributed by atoms with Crippen molar-refractivity contribution in [1.29, 1.82) is 0 Å². The van der Waals surface area contributed by atoms with Crippen LogP contribution >= 0.6 is 23.1 Å². The highest BCUT2D eigenvalue weighted by atomic mass is 35.5. The second-order valence-electron chi connectivity index (χ2n) is 10.2. The molecule has 2 aliphatic heterocycles. The van der Waals surface area contributed by atoms with E-state index in [4.69, 9.17) is 22.8 Å². The topological polar surface area (TPSA) is 122 Å². The van der Waals surface area contributed by atoms with Crippen molar-refractivity contribution in [3.63, 3.8) is 0 Å². The average molecular weight is 588 g/mol. The van der Waals surface area contributed by atoms with Crippen molar-refractivity contribution in [3.8, 4) is 18.1 Å². The van der Waals surface area contributed by atoms with Gasteiger partial charge >= 0.3 is 0 Å². The molecule has 40 heavy (non-hydrogen) atoms. The van der Waals surface area contributed by atoms with Crippen molar-refractivity contribution in [1.82, 2.24) is 23.9 Å². The molecule has 0 radical (unpaired) electrons. The van der Waals surface area contributed by atoms with Crippen LogP contribution in [-0.4, -0.2) is 55.5 Å². The Morgan fingerprint density at radius 3 is 2.75 bits per heavy atom. The summed E-state index contributed by atoms with van der Waals surface area (Å²) in [6.07, 6.45) is 6.22. The predicted molar refractivity (Wildman–Crippen MR) is 154 cm³/mol. The van der Waals surface area contributed by atoms with Gasteiger partial charge in [0.05, 0.1) is 12.2 Å². The predicted octanol–water partition coefficient (Wildman–Crippen LogP) is 4.03. The zero-order valence-corrected chi connectivity index (χ0v) is 24.5. The standard InChI is InChI=1S/C18H17FN4O2S.C8H14ClN5/c1-4-5-22-13-7-12(11(19)6-14(13)25-9-16(22)24)20-17-23-10-18(2,3)8-15(23)21-26-17;1-4-10-7-12-6(9)13-8(14-7)11-5(2)3/h1,6-7H,5,8-10H2,2-3H3;5H,4H2,1-3H3,(H2,10,11,12,13,14)/b20-17-;. The minimum Gasteiger partial charge on any atom is -0.481 e. The molecule has 0 spiro atoms. The van der Waals surface area contributed by atoms with Gasteiger partial charge in [0.2, 0.25) is 22.0 Å². The Hall–Kier alpha value is -3.76. The maximum Gasteiger partial charge on any atom is 0.265 e. The van der Waals surface area contributed by atoms with E-state index in [0.717, 1.165) is 25.3 Å². The number of rotatable bonds is 6. The van der Waals surface area contributed by atoms with Crippen LogP contribution in [-0.2, 0) is 17.8 Å². The Balaban J connectivity index is 0.000000224. The van der Waals surface area contributed by atoms with Crippen LogP contribution in [0.3, 0.4) is 0 Å². The molecule has 0 atom stereocenters. The van der Waals surface area contributed by atoms with Gasteiger partial charge < -0.3 is 19.9 Å². The van der Waals surface area contributed by atoms with Gasteiger partial charge in [0.1, 0.15) is 17.3 Å². The maximum atomic E-state index is 14.5. The summed E-state index contributed by atoms with van der Waals surface area (Å²) in [5, 5.41) is 6.23. The lowest BCUT2D eigenvalue weighted by atomic mass is 9.92. The van der Waals surface area contributed by atoms with Gasteiger partial charge in [-0.3, -0.25) is 9.69 Å². The molecule has 0 fully saturated rings. The van der Waals surface area contributed by atoms with Crippen LogP contribution in [0.1, 0.15) is 40.4 Å². The summed E-state index contributed by atoms with van der Waals surface area (Å²) in [4.78, 5) is 30.6. The van der Waals surface area contributed by atoms with Crippen LogP contribution in [0.5, 0.6) is 5.75 Å². The van der Waals surface area contributed by atoms with E-state index >= 15 is 0 Å². The number of carbonyl (C=O) groups is 1. The monoisotopic (exact) mass is 587 g/mol. The van der Waals surface area contributed by atoms with E-state index < -0.39 is 5.82 Å². The second kappa shape index (κ2) is 12.2. The zero-order chi connectivity index (χ0) is 29.0. The number of terminal acetylenes is 1. The Morgan fingerprint density at radius 2 is 2.05 bits per heavy atom. The van der Waals surface area contributed by atoms with Crippen molar-refractivity contribution in [2.45, 2.75) is 53.6 Å². The van der Waals surface area contributed by atoms with E-state index in [-0.39, 0.29) is 41.5 Å². The third-order valence-electron chi connectivity index (χ3n) is 5.80. The van der Waals surface area contributed by atoms with Gasteiger partial charge in [0.15, 0.2) is 12.4 Å². The van der Waals surface area contributed by atoms with E-state index in [1.54, 1.807) is 0 Å². The second-order valence-corrected chi connectivity index (χ2v) is 11.3. The molecular formula is C26H31ClFN9O2S. The number of fused-ring (bicyclic) bond motifs is 2. The highest BCUT2D eigenvalue weighted by molar-refractivity contribution is 7.02. The van der Waals surface area contributed by atoms with Gasteiger partial charge in [-0.25, -0.2) is 9.38 Å². The van der Waals surface area contributed by atoms with Crippen LogP contribution in [0.15, 0.2) is 17.1 Å². The minimum absolute atomic E-state index is 0.0964. The van der Waals surface area contributed by atoms with Crippen molar-refractivity contribution >= 4 is 52.3 Å². The Labute approximate surface area is 241 Å². The number of halogens is 2. The first-order chi connectivity index (χ1) is 19.0. The van der Waals surface area contributed by atoms with Crippen LogP contribution < -0.4 is 25.1 Å². The molecule has 2 aliphatic rings. The van der Waals surface area contributed by atoms with Gasteiger partial charge in [-0.15, -0.1) is 6.42 Å². The van der Waals surface area contributed by atoms with Crippen LogP contribution in [0, 0.1) is 23.6 Å². The number of carbonyl (C=O) groups excluding carboxylic acids is 1. The number of aromatic nitrogens is 5. The number of nitrogens with one attached hydrogen (secondary N) is 2. The molecule has 212 valence electrons. The summed E-state index contributed by atoms with van der Waals surface area (Å²) in [5.74, 6) is 3.91. The zero-order valence-electron chi connectivity index (χ0n) is 23.0. The van der Waals surface area contributed by atoms with Crippen LogP contribution in [0.25, 0.3) is 0 Å². The van der Waals surface area contributed by atoms with Gasteiger partial charge in [0.25, 0.3) is 5.91 Å². The molecule has 4 heterocycles. The van der Waals surface area contributed by atoms with E-state index in [2.05, 4.69) is 54.7 Å². The van der Waals surface area contributed by atoms with Gasteiger partial charge in [-0.05, 0) is 43.9 Å². The lowest BCUT2D eigenvalue weighted by Gasteiger charge is -2.28. The number of amides is 1. The highest BCUT2D eigenvalue weighted by Crippen LogP contribution is 2.37. The molecule has 1 aromatic carbocycles. The molecule has 0 bridgehead atoms. The first-order valence-electron chi connectivity index (χ1n) is 12.7. The average Bonchev–Trinajstić information content (AvgIpc) is 3.37. The van der Waals surface area contributed by atoms with E-state index in [1.807, 2.05) is 25.3 Å². The smallest absolute Gasteiger partial charge is 0.265 e. The molecular weight excluding hydrogens is 557 g/mol. The molecule has 0 aliphatic carbocycles. The molecule has 0 unspecified atom stereocenters.